The number of carbonyl (C=O) groups excluding carboxylic acids is 1. The molecule has 4 heteroatoms. The average molecular weight is 294 g/mol. The van der Waals surface area contributed by atoms with Crippen LogP contribution in [-0.4, -0.2) is 55.9 Å². The molecule has 3 nitrogen and oxygen atoms in total. The van der Waals surface area contributed by atoms with Crippen LogP contribution in [0.1, 0.15) is 36.5 Å². The van der Waals surface area contributed by atoms with Crippen LogP contribution in [0.2, 0.25) is 0 Å². The molecule has 0 aliphatic rings. The summed E-state index contributed by atoms with van der Waals surface area (Å²) in [5, 5.41) is 0. The molecule has 0 aromatic heterocycles. The number of carbonyl (C=O) groups is 1. The van der Waals surface area contributed by atoms with Crippen LogP contribution < -0.4 is 0 Å². The second-order valence-electron chi connectivity index (χ2n) is 5.68. The zero-order valence-electron chi connectivity index (χ0n) is 13.4. The summed E-state index contributed by atoms with van der Waals surface area (Å²) in [6.07, 6.45) is 2.50. The van der Waals surface area contributed by atoms with Crippen LogP contribution in [0, 0.1) is 5.82 Å². The largest absolute Gasteiger partial charge is 0.308 e. The van der Waals surface area contributed by atoms with E-state index in [1.807, 2.05) is 0 Å². The fourth-order valence-electron chi connectivity index (χ4n) is 2.24. The van der Waals surface area contributed by atoms with Crippen LogP contribution in [-0.2, 0) is 0 Å². The summed E-state index contributed by atoms with van der Waals surface area (Å²) in [6, 6.07) is 5.81. The zero-order chi connectivity index (χ0) is 15.7. The average Bonchev–Trinajstić information content (AvgIpc) is 2.45. The van der Waals surface area contributed by atoms with Crippen molar-refractivity contribution < 1.29 is 9.18 Å². The van der Waals surface area contributed by atoms with Gasteiger partial charge in [-0.1, -0.05) is 6.92 Å². The van der Waals surface area contributed by atoms with Gasteiger partial charge < -0.3 is 9.80 Å². The number of Topliss-reactive ketones (excluding diaryl/α,β-unsaturated/α-hetero) is 1. The van der Waals surface area contributed by atoms with Gasteiger partial charge in [0.1, 0.15) is 5.82 Å². The zero-order valence-corrected chi connectivity index (χ0v) is 13.4. The highest BCUT2D eigenvalue weighted by Crippen LogP contribution is 2.08. The van der Waals surface area contributed by atoms with E-state index in [1.54, 1.807) is 12.1 Å². The van der Waals surface area contributed by atoms with Crippen LogP contribution in [0.5, 0.6) is 0 Å². The third-order valence-electron chi connectivity index (χ3n) is 3.45. The van der Waals surface area contributed by atoms with E-state index in [0.29, 0.717) is 12.0 Å². The van der Waals surface area contributed by atoms with Gasteiger partial charge in [0.15, 0.2) is 5.78 Å². The maximum atomic E-state index is 12.8. The van der Waals surface area contributed by atoms with E-state index in [0.717, 1.165) is 39.0 Å². The van der Waals surface area contributed by atoms with Crippen molar-refractivity contribution >= 4 is 5.78 Å². The minimum atomic E-state index is -0.302. The quantitative estimate of drug-likeness (QED) is 0.620. The van der Waals surface area contributed by atoms with E-state index in [9.17, 15) is 9.18 Å². The summed E-state index contributed by atoms with van der Waals surface area (Å²) in [6.45, 7) is 6.25. The highest BCUT2D eigenvalue weighted by molar-refractivity contribution is 5.95. The standard InChI is InChI=1S/C17H27FN2O/c1-4-11-20(14-13-19(2)3)12-5-6-17(21)15-7-9-16(18)10-8-15/h7-10H,4-6,11-14H2,1-3H3. The van der Waals surface area contributed by atoms with Crippen molar-refractivity contribution in [2.24, 2.45) is 0 Å². The minimum absolute atomic E-state index is 0.0964. The van der Waals surface area contributed by atoms with Gasteiger partial charge in [-0.2, -0.15) is 0 Å². The van der Waals surface area contributed by atoms with E-state index in [2.05, 4.69) is 30.8 Å². The summed E-state index contributed by atoms with van der Waals surface area (Å²) in [5.74, 6) is -0.205. The molecule has 0 radical (unpaired) electrons. The molecule has 1 aromatic rings. The summed E-state index contributed by atoms with van der Waals surface area (Å²) in [5.41, 5.74) is 0.603. The molecule has 1 rings (SSSR count). The molecule has 0 spiro atoms. The predicted molar refractivity (Wildman–Crippen MR) is 85.2 cm³/mol. The Morgan fingerprint density at radius 3 is 2.29 bits per heavy atom. The van der Waals surface area contributed by atoms with E-state index in [-0.39, 0.29) is 11.6 Å². The first-order valence-electron chi connectivity index (χ1n) is 7.68. The van der Waals surface area contributed by atoms with Crippen LogP contribution in [0.4, 0.5) is 4.39 Å². The molecule has 0 aliphatic carbocycles. The first-order chi connectivity index (χ1) is 10.0. The smallest absolute Gasteiger partial charge is 0.162 e. The van der Waals surface area contributed by atoms with Crippen LogP contribution in [0.3, 0.4) is 0 Å². The molecular weight excluding hydrogens is 267 g/mol. The lowest BCUT2D eigenvalue weighted by Crippen LogP contribution is -2.33. The lowest BCUT2D eigenvalue weighted by atomic mass is 10.1. The Morgan fingerprint density at radius 2 is 1.71 bits per heavy atom. The van der Waals surface area contributed by atoms with Gasteiger partial charge in [0, 0.05) is 25.1 Å². The molecule has 0 saturated heterocycles. The Morgan fingerprint density at radius 1 is 1.05 bits per heavy atom. The number of rotatable bonds is 10. The number of hydrogen-bond donors (Lipinski definition) is 0. The van der Waals surface area contributed by atoms with E-state index >= 15 is 0 Å². The number of likely N-dealkylation sites (N-methyl/N-ethyl adjacent to an activating group) is 1. The monoisotopic (exact) mass is 294 g/mol. The van der Waals surface area contributed by atoms with Crippen molar-refractivity contribution in [3.05, 3.63) is 35.6 Å². The number of halogens is 1. The van der Waals surface area contributed by atoms with E-state index < -0.39 is 0 Å². The molecule has 0 saturated carbocycles. The van der Waals surface area contributed by atoms with Gasteiger partial charge >= 0.3 is 0 Å². The van der Waals surface area contributed by atoms with E-state index in [4.69, 9.17) is 0 Å². The Labute approximate surface area is 127 Å². The molecular formula is C17H27FN2O. The van der Waals surface area contributed by atoms with Gasteiger partial charge in [0.25, 0.3) is 0 Å². The van der Waals surface area contributed by atoms with E-state index in [1.165, 1.54) is 12.1 Å². The summed E-state index contributed by atoms with van der Waals surface area (Å²) >= 11 is 0. The van der Waals surface area contributed by atoms with Gasteiger partial charge in [-0.15, -0.1) is 0 Å². The number of nitrogens with zero attached hydrogens (tertiary/aromatic N) is 2. The molecule has 0 aliphatic heterocycles. The third kappa shape index (κ3) is 7.34. The summed E-state index contributed by atoms with van der Waals surface area (Å²) < 4.78 is 12.8. The normalized spacial score (nSPS) is 11.3. The molecule has 1 aromatic carbocycles. The molecule has 0 N–H and O–H groups in total. The van der Waals surface area contributed by atoms with Crippen molar-refractivity contribution in [1.29, 1.82) is 0 Å². The van der Waals surface area contributed by atoms with Crippen LogP contribution in [0.25, 0.3) is 0 Å². The van der Waals surface area contributed by atoms with Crippen molar-refractivity contribution in [2.45, 2.75) is 26.2 Å². The highest BCUT2D eigenvalue weighted by atomic mass is 19.1. The Kier molecular flexibility index (Phi) is 8.16. The number of hydrogen-bond acceptors (Lipinski definition) is 3. The predicted octanol–water partition coefficient (Wildman–Crippen LogP) is 3.06. The third-order valence-corrected chi connectivity index (χ3v) is 3.45. The molecule has 118 valence electrons. The fraction of sp³-hybridized carbons (Fsp3) is 0.588. The maximum Gasteiger partial charge on any atom is 0.162 e. The van der Waals surface area contributed by atoms with Crippen molar-refractivity contribution in [1.82, 2.24) is 9.80 Å². The molecule has 0 amide bonds. The van der Waals surface area contributed by atoms with Gasteiger partial charge in [-0.25, -0.2) is 4.39 Å². The molecule has 0 fully saturated rings. The highest BCUT2D eigenvalue weighted by Gasteiger charge is 2.08. The lowest BCUT2D eigenvalue weighted by molar-refractivity contribution is 0.0974. The molecule has 0 atom stereocenters. The summed E-state index contributed by atoms with van der Waals surface area (Å²) in [7, 11) is 4.14. The first kappa shape index (κ1) is 17.8. The van der Waals surface area contributed by atoms with Crippen molar-refractivity contribution in [3.8, 4) is 0 Å². The van der Waals surface area contributed by atoms with Gasteiger partial charge in [-0.3, -0.25) is 4.79 Å². The maximum absolute atomic E-state index is 12.8. The van der Waals surface area contributed by atoms with Gasteiger partial charge in [0.2, 0.25) is 0 Å². The number of benzene rings is 1. The topological polar surface area (TPSA) is 23.6 Å². The van der Waals surface area contributed by atoms with Crippen LogP contribution >= 0.6 is 0 Å². The first-order valence-corrected chi connectivity index (χ1v) is 7.68. The second kappa shape index (κ2) is 9.64. The lowest BCUT2D eigenvalue weighted by Gasteiger charge is -2.23. The molecule has 21 heavy (non-hydrogen) atoms. The van der Waals surface area contributed by atoms with Crippen molar-refractivity contribution in [3.63, 3.8) is 0 Å². The Bertz CT molecular complexity index is 417. The fourth-order valence-corrected chi connectivity index (χ4v) is 2.24. The summed E-state index contributed by atoms with van der Waals surface area (Å²) in [4.78, 5) is 16.6. The second-order valence-corrected chi connectivity index (χ2v) is 5.68. The molecule has 0 heterocycles. The SMILES string of the molecule is CCCN(CCCC(=O)c1ccc(F)cc1)CCN(C)C. The molecule has 0 bridgehead atoms. The minimum Gasteiger partial charge on any atom is -0.308 e. The van der Waals surface area contributed by atoms with Gasteiger partial charge in [0.05, 0.1) is 0 Å². The Hall–Kier alpha value is -1.26. The van der Waals surface area contributed by atoms with Crippen LogP contribution in [0.15, 0.2) is 24.3 Å². The van der Waals surface area contributed by atoms with Gasteiger partial charge in [-0.05, 0) is 64.3 Å². The molecule has 0 unspecified atom stereocenters. The van der Waals surface area contributed by atoms with Crippen molar-refractivity contribution in [2.75, 3.05) is 40.3 Å². The number of ketones is 1. The Balaban J connectivity index is 2.35.